The summed E-state index contributed by atoms with van der Waals surface area (Å²) in [7, 11) is 0. The highest BCUT2D eigenvalue weighted by Gasteiger charge is 2.21. The topological polar surface area (TPSA) is 86.1 Å². The minimum Gasteiger partial charge on any atom is -0.449 e. The molecule has 1 atom stereocenters. The number of aromatic nitrogens is 3. The molecule has 0 saturated carbocycles. The van der Waals surface area contributed by atoms with Crippen LogP contribution in [-0.4, -0.2) is 32.7 Å². The fraction of sp³-hybridized carbons (Fsp3) is 0.200. The van der Waals surface area contributed by atoms with Crippen molar-refractivity contribution in [3.63, 3.8) is 0 Å². The SMILES string of the molecule is Cc1cc(C)n(-c2ccc(C(=O)OC(C)C(=O)Nc3cc(Cl)c(Cl)cc3Cl)cn2)n1. The number of esters is 1. The van der Waals surface area contributed by atoms with Crippen LogP contribution in [-0.2, 0) is 9.53 Å². The lowest BCUT2D eigenvalue weighted by molar-refractivity contribution is -0.123. The van der Waals surface area contributed by atoms with Crippen molar-refractivity contribution in [1.29, 1.82) is 0 Å². The van der Waals surface area contributed by atoms with Crippen molar-refractivity contribution in [3.8, 4) is 5.82 Å². The Kier molecular flexibility index (Phi) is 6.65. The Morgan fingerprint density at radius 2 is 1.77 bits per heavy atom. The van der Waals surface area contributed by atoms with Crippen molar-refractivity contribution < 1.29 is 14.3 Å². The number of hydrogen-bond donors (Lipinski definition) is 1. The van der Waals surface area contributed by atoms with E-state index in [0.717, 1.165) is 11.4 Å². The highest BCUT2D eigenvalue weighted by atomic mass is 35.5. The number of hydrogen-bond acceptors (Lipinski definition) is 5. The Bertz CT molecular complexity index is 1110. The number of nitrogens with zero attached hydrogens (tertiary/aromatic N) is 3. The van der Waals surface area contributed by atoms with Gasteiger partial charge in [0.25, 0.3) is 5.91 Å². The van der Waals surface area contributed by atoms with Crippen LogP contribution in [0.3, 0.4) is 0 Å². The normalized spacial score (nSPS) is 11.8. The maximum absolute atomic E-state index is 12.4. The monoisotopic (exact) mass is 466 g/mol. The Hall–Kier alpha value is -2.61. The predicted molar refractivity (Wildman–Crippen MR) is 116 cm³/mol. The van der Waals surface area contributed by atoms with E-state index in [9.17, 15) is 9.59 Å². The van der Waals surface area contributed by atoms with Crippen LogP contribution in [0, 0.1) is 13.8 Å². The fourth-order valence-electron chi connectivity index (χ4n) is 2.63. The first-order valence-corrected chi connectivity index (χ1v) is 9.95. The van der Waals surface area contributed by atoms with Gasteiger partial charge in [0.1, 0.15) is 0 Å². The summed E-state index contributed by atoms with van der Waals surface area (Å²) in [6.07, 6.45) is 0.285. The van der Waals surface area contributed by atoms with Crippen LogP contribution >= 0.6 is 34.8 Å². The molecule has 3 rings (SSSR count). The molecule has 1 unspecified atom stereocenters. The van der Waals surface area contributed by atoms with Gasteiger partial charge in [0.15, 0.2) is 11.9 Å². The number of ether oxygens (including phenoxy) is 1. The van der Waals surface area contributed by atoms with Crippen molar-refractivity contribution in [1.82, 2.24) is 14.8 Å². The molecular weight excluding hydrogens is 451 g/mol. The first kappa shape index (κ1) is 22.1. The van der Waals surface area contributed by atoms with Crippen LogP contribution in [0.2, 0.25) is 15.1 Å². The van der Waals surface area contributed by atoms with Gasteiger partial charge < -0.3 is 10.1 Å². The Morgan fingerprint density at radius 1 is 1.07 bits per heavy atom. The molecule has 3 aromatic rings. The van der Waals surface area contributed by atoms with Gasteiger partial charge in [-0.2, -0.15) is 5.10 Å². The van der Waals surface area contributed by atoms with Gasteiger partial charge >= 0.3 is 5.97 Å². The second kappa shape index (κ2) is 9.04. The summed E-state index contributed by atoms with van der Waals surface area (Å²) >= 11 is 17.9. The zero-order valence-corrected chi connectivity index (χ0v) is 18.5. The van der Waals surface area contributed by atoms with Gasteiger partial charge in [-0.15, -0.1) is 0 Å². The number of rotatable bonds is 5. The average molecular weight is 468 g/mol. The molecule has 0 aliphatic heterocycles. The highest BCUT2D eigenvalue weighted by molar-refractivity contribution is 6.44. The lowest BCUT2D eigenvalue weighted by Crippen LogP contribution is -2.30. The smallest absolute Gasteiger partial charge is 0.340 e. The maximum Gasteiger partial charge on any atom is 0.340 e. The van der Waals surface area contributed by atoms with Crippen LogP contribution in [0.1, 0.15) is 28.7 Å². The van der Waals surface area contributed by atoms with E-state index in [1.54, 1.807) is 16.8 Å². The van der Waals surface area contributed by atoms with E-state index in [1.165, 1.54) is 25.3 Å². The first-order valence-electron chi connectivity index (χ1n) is 8.82. The standard InChI is InChI=1S/C20H17Cl3N4O3/c1-10-6-11(2)27(26-10)18-5-4-13(9-24-18)20(29)30-12(3)19(28)25-17-8-15(22)14(21)7-16(17)23/h4-9,12H,1-3H3,(H,25,28). The molecule has 0 radical (unpaired) electrons. The summed E-state index contributed by atoms with van der Waals surface area (Å²) in [5.41, 5.74) is 2.24. The molecule has 1 amide bonds. The van der Waals surface area contributed by atoms with Crippen molar-refractivity contribution in [2.75, 3.05) is 5.32 Å². The first-order chi connectivity index (χ1) is 14.2. The van der Waals surface area contributed by atoms with Crippen LogP contribution in [0.4, 0.5) is 5.69 Å². The third-order valence-electron chi connectivity index (χ3n) is 4.13. The molecular formula is C20H17Cl3N4O3. The van der Waals surface area contributed by atoms with Crippen molar-refractivity contribution in [2.45, 2.75) is 26.9 Å². The van der Waals surface area contributed by atoms with Gasteiger partial charge in [-0.3, -0.25) is 4.79 Å². The van der Waals surface area contributed by atoms with Crippen molar-refractivity contribution in [2.24, 2.45) is 0 Å². The summed E-state index contributed by atoms with van der Waals surface area (Å²) in [5.74, 6) is -0.696. The number of benzene rings is 1. The molecule has 0 aliphatic rings. The van der Waals surface area contributed by atoms with Crippen molar-refractivity contribution >= 4 is 52.4 Å². The van der Waals surface area contributed by atoms with Gasteiger partial charge in [0.2, 0.25) is 0 Å². The number of anilines is 1. The lowest BCUT2D eigenvalue weighted by Gasteiger charge is -2.15. The second-order valence-electron chi connectivity index (χ2n) is 6.53. The van der Waals surface area contributed by atoms with E-state index in [4.69, 9.17) is 39.5 Å². The minimum absolute atomic E-state index is 0.201. The van der Waals surface area contributed by atoms with Gasteiger partial charge in [-0.05, 0) is 51.1 Å². The number of pyridine rings is 1. The maximum atomic E-state index is 12.4. The Labute approximate surface area is 187 Å². The second-order valence-corrected chi connectivity index (χ2v) is 7.75. The molecule has 7 nitrogen and oxygen atoms in total. The molecule has 1 N–H and O–H groups in total. The molecule has 1 aromatic carbocycles. The summed E-state index contributed by atoms with van der Waals surface area (Å²) in [6.45, 7) is 5.23. The Balaban J connectivity index is 1.66. The fourth-order valence-corrected chi connectivity index (χ4v) is 3.22. The van der Waals surface area contributed by atoms with E-state index in [2.05, 4.69) is 15.4 Å². The number of halogens is 3. The number of carbonyl (C=O) groups is 2. The molecule has 2 heterocycles. The molecule has 0 fully saturated rings. The van der Waals surface area contributed by atoms with Gasteiger partial charge in [-0.1, -0.05) is 34.8 Å². The van der Waals surface area contributed by atoms with Crippen molar-refractivity contribution in [3.05, 3.63) is 68.5 Å². The Morgan fingerprint density at radius 3 is 2.37 bits per heavy atom. The molecule has 2 aromatic heterocycles. The summed E-state index contributed by atoms with van der Waals surface area (Å²) in [6, 6.07) is 7.95. The zero-order valence-electron chi connectivity index (χ0n) is 16.2. The molecule has 0 spiro atoms. The molecule has 156 valence electrons. The number of nitrogens with one attached hydrogen (secondary N) is 1. The van der Waals surface area contributed by atoms with Gasteiger partial charge in [0, 0.05) is 11.9 Å². The summed E-state index contributed by atoms with van der Waals surface area (Å²) in [4.78, 5) is 29.0. The highest BCUT2D eigenvalue weighted by Crippen LogP contribution is 2.32. The van der Waals surface area contributed by atoms with E-state index in [0.29, 0.717) is 5.82 Å². The minimum atomic E-state index is -1.08. The largest absolute Gasteiger partial charge is 0.449 e. The molecule has 10 heteroatoms. The summed E-state index contributed by atoms with van der Waals surface area (Å²) in [5, 5.41) is 7.60. The third kappa shape index (κ3) is 4.92. The molecule has 0 saturated heterocycles. The lowest BCUT2D eigenvalue weighted by atomic mass is 10.2. The van der Waals surface area contributed by atoms with E-state index in [1.807, 2.05) is 19.9 Å². The average Bonchev–Trinajstić information content (AvgIpc) is 3.04. The van der Waals surface area contributed by atoms with E-state index < -0.39 is 18.0 Å². The van der Waals surface area contributed by atoms with Crippen LogP contribution in [0.5, 0.6) is 0 Å². The van der Waals surface area contributed by atoms with Crippen LogP contribution in [0.15, 0.2) is 36.5 Å². The zero-order chi connectivity index (χ0) is 22.0. The number of amides is 1. The quantitative estimate of drug-likeness (QED) is 0.420. The van der Waals surface area contributed by atoms with Crippen LogP contribution in [0.25, 0.3) is 5.82 Å². The van der Waals surface area contributed by atoms with E-state index >= 15 is 0 Å². The van der Waals surface area contributed by atoms with Gasteiger partial charge in [-0.25, -0.2) is 14.5 Å². The number of carbonyl (C=O) groups excluding carboxylic acids is 2. The third-order valence-corrected chi connectivity index (χ3v) is 5.17. The number of aryl methyl sites for hydroxylation is 2. The van der Waals surface area contributed by atoms with Crippen LogP contribution < -0.4 is 5.32 Å². The molecule has 0 bridgehead atoms. The van der Waals surface area contributed by atoms with Gasteiger partial charge in [0.05, 0.1) is 32.0 Å². The molecule has 30 heavy (non-hydrogen) atoms. The summed E-state index contributed by atoms with van der Waals surface area (Å²) < 4.78 is 6.89. The molecule has 0 aliphatic carbocycles. The van der Waals surface area contributed by atoms with E-state index in [-0.39, 0.29) is 26.3 Å². The predicted octanol–water partition coefficient (Wildman–Crippen LogP) is 5.03.